The molecule has 1 atom stereocenters. The number of aryl methyl sites for hydroxylation is 1. The molecule has 0 aliphatic carbocycles. The molecule has 0 N–H and O–H groups in total. The van der Waals surface area contributed by atoms with Crippen molar-refractivity contribution in [1.82, 2.24) is 9.58 Å². The minimum absolute atomic E-state index is 0.0856. The normalized spacial score (nSPS) is 15.9. The molecule has 0 radical (unpaired) electrons. The predicted octanol–water partition coefficient (Wildman–Crippen LogP) is 2.61. The highest BCUT2D eigenvalue weighted by molar-refractivity contribution is 6.05. The van der Waals surface area contributed by atoms with Crippen molar-refractivity contribution in [3.05, 3.63) is 30.0 Å². The van der Waals surface area contributed by atoms with Crippen LogP contribution in [0.15, 0.2) is 24.3 Å². The second-order valence-electron chi connectivity index (χ2n) is 6.17. The monoisotopic (exact) mass is 389 g/mol. The van der Waals surface area contributed by atoms with Crippen LogP contribution in [0.3, 0.4) is 0 Å². The van der Waals surface area contributed by atoms with Crippen LogP contribution in [-0.2, 0) is 32.5 Å². The van der Waals surface area contributed by atoms with E-state index >= 15 is 0 Å². The molecule has 2 heterocycles. The molecule has 150 valence electrons. The zero-order valence-electron chi connectivity index (χ0n) is 16.3. The van der Waals surface area contributed by atoms with Crippen LogP contribution >= 0.6 is 0 Å². The SMILES string of the molecule is CCOC(=O)N1c2c(n(C)c3ccccc23)CC(C(=O)OC)N1C(=O)OCC. The van der Waals surface area contributed by atoms with E-state index in [0.717, 1.165) is 20.9 Å². The van der Waals surface area contributed by atoms with E-state index in [4.69, 9.17) is 14.2 Å². The Morgan fingerprint density at radius 1 is 1.07 bits per heavy atom. The van der Waals surface area contributed by atoms with Gasteiger partial charge in [0.15, 0.2) is 6.04 Å². The first-order chi connectivity index (χ1) is 13.5. The van der Waals surface area contributed by atoms with Crippen molar-refractivity contribution in [3.8, 4) is 0 Å². The van der Waals surface area contributed by atoms with Gasteiger partial charge in [0.25, 0.3) is 0 Å². The number of carbonyl (C=O) groups is 3. The number of hydrogen-bond acceptors (Lipinski definition) is 6. The van der Waals surface area contributed by atoms with E-state index in [0.29, 0.717) is 11.4 Å². The number of fused-ring (bicyclic) bond motifs is 3. The van der Waals surface area contributed by atoms with Crippen LogP contribution in [0.25, 0.3) is 10.9 Å². The molecular formula is C19H23N3O6. The first kappa shape index (κ1) is 19.5. The van der Waals surface area contributed by atoms with E-state index in [1.165, 1.54) is 7.11 Å². The van der Waals surface area contributed by atoms with Gasteiger partial charge in [0.05, 0.1) is 31.5 Å². The third-order valence-electron chi connectivity index (χ3n) is 4.68. The third-order valence-corrected chi connectivity index (χ3v) is 4.68. The molecule has 1 aliphatic rings. The standard InChI is InChI=1S/C19H23N3O6/c1-5-27-18(24)21-15(17(23)26-4)11-14-16(22(21)19(25)28-6-2)12-9-7-8-10-13(12)20(14)3/h7-10,15H,5-6,11H2,1-4H3. The van der Waals surface area contributed by atoms with Crippen molar-refractivity contribution in [2.75, 3.05) is 25.3 Å². The van der Waals surface area contributed by atoms with Gasteiger partial charge in [-0.25, -0.2) is 14.4 Å². The van der Waals surface area contributed by atoms with E-state index in [1.54, 1.807) is 13.8 Å². The average molecular weight is 389 g/mol. The minimum atomic E-state index is -1.07. The molecule has 1 unspecified atom stereocenters. The van der Waals surface area contributed by atoms with Gasteiger partial charge in [-0.05, 0) is 19.9 Å². The van der Waals surface area contributed by atoms with Crippen LogP contribution in [0.5, 0.6) is 0 Å². The van der Waals surface area contributed by atoms with Crippen LogP contribution in [0, 0.1) is 0 Å². The molecule has 0 spiro atoms. The zero-order valence-corrected chi connectivity index (χ0v) is 16.3. The summed E-state index contributed by atoms with van der Waals surface area (Å²) in [5, 5.41) is 2.83. The largest absolute Gasteiger partial charge is 0.467 e. The number of carbonyl (C=O) groups excluding carboxylic acids is 3. The van der Waals surface area contributed by atoms with Crippen molar-refractivity contribution < 1.29 is 28.6 Å². The molecule has 2 aromatic rings. The van der Waals surface area contributed by atoms with Crippen molar-refractivity contribution in [2.24, 2.45) is 7.05 Å². The molecule has 0 bridgehead atoms. The maximum Gasteiger partial charge on any atom is 0.433 e. The van der Waals surface area contributed by atoms with Crippen LogP contribution in [0.2, 0.25) is 0 Å². The maximum absolute atomic E-state index is 12.9. The van der Waals surface area contributed by atoms with Gasteiger partial charge in [0.2, 0.25) is 0 Å². The number of ether oxygens (including phenoxy) is 3. The van der Waals surface area contributed by atoms with Gasteiger partial charge in [0, 0.05) is 24.5 Å². The number of anilines is 1. The summed E-state index contributed by atoms with van der Waals surface area (Å²) >= 11 is 0. The van der Waals surface area contributed by atoms with Gasteiger partial charge in [-0.15, -0.1) is 0 Å². The van der Waals surface area contributed by atoms with Gasteiger partial charge in [-0.1, -0.05) is 18.2 Å². The highest BCUT2D eigenvalue weighted by atomic mass is 16.6. The Labute approximate surface area is 162 Å². The summed E-state index contributed by atoms with van der Waals surface area (Å²) in [4.78, 5) is 38.1. The Balaban J connectivity index is 2.27. The Hall–Kier alpha value is -3.23. The van der Waals surface area contributed by atoms with E-state index in [2.05, 4.69) is 0 Å². The second-order valence-corrected chi connectivity index (χ2v) is 6.17. The fourth-order valence-electron chi connectivity index (χ4n) is 3.49. The summed E-state index contributed by atoms with van der Waals surface area (Å²) in [7, 11) is 3.08. The highest BCUT2D eigenvalue weighted by Gasteiger charge is 2.47. The third kappa shape index (κ3) is 3.02. The lowest BCUT2D eigenvalue weighted by atomic mass is 10.1. The summed E-state index contributed by atoms with van der Waals surface area (Å²) in [6.07, 6.45) is -1.44. The number of amides is 2. The summed E-state index contributed by atoms with van der Waals surface area (Å²) in [6.45, 7) is 3.50. The molecule has 0 fully saturated rings. The lowest BCUT2D eigenvalue weighted by Crippen LogP contribution is -2.61. The van der Waals surface area contributed by atoms with Gasteiger partial charge < -0.3 is 18.8 Å². The molecule has 0 saturated carbocycles. The van der Waals surface area contributed by atoms with Gasteiger partial charge in [-0.2, -0.15) is 10.0 Å². The first-order valence-corrected chi connectivity index (χ1v) is 9.03. The van der Waals surface area contributed by atoms with Crippen LogP contribution in [-0.4, -0.2) is 54.1 Å². The summed E-state index contributed by atoms with van der Waals surface area (Å²) in [6, 6.07) is 6.40. The average Bonchev–Trinajstić information content (AvgIpc) is 2.98. The fourth-order valence-corrected chi connectivity index (χ4v) is 3.49. The predicted molar refractivity (Wildman–Crippen MR) is 101 cm³/mol. The lowest BCUT2D eigenvalue weighted by Gasteiger charge is -2.40. The maximum atomic E-state index is 12.9. The molecule has 1 aromatic carbocycles. The summed E-state index contributed by atoms with van der Waals surface area (Å²) in [5.41, 5.74) is 2.06. The second kappa shape index (κ2) is 7.79. The number of para-hydroxylation sites is 1. The molecule has 9 heteroatoms. The van der Waals surface area contributed by atoms with E-state index in [9.17, 15) is 14.4 Å². The number of benzene rings is 1. The first-order valence-electron chi connectivity index (χ1n) is 9.03. The highest BCUT2D eigenvalue weighted by Crippen LogP contribution is 2.40. The lowest BCUT2D eigenvalue weighted by molar-refractivity contribution is -0.146. The molecule has 2 amide bonds. The fraction of sp³-hybridized carbons (Fsp3) is 0.421. The van der Waals surface area contributed by atoms with Crippen LogP contribution in [0.4, 0.5) is 15.3 Å². The Morgan fingerprint density at radius 3 is 2.36 bits per heavy atom. The van der Waals surface area contributed by atoms with Crippen molar-refractivity contribution >= 4 is 34.7 Å². The summed E-state index contributed by atoms with van der Waals surface area (Å²) < 4.78 is 17.1. The Morgan fingerprint density at radius 2 is 1.71 bits per heavy atom. The van der Waals surface area contributed by atoms with Gasteiger partial charge >= 0.3 is 18.2 Å². The number of esters is 1. The van der Waals surface area contributed by atoms with Crippen molar-refractivity contribution in [2.45, 2.75) is 26.3 Å². The van der Waals surface area contributed by atoms with E-state index < -0.39 is 24.2 Å². The summed E-state index contributed by atoms with van der Waals surface area (Å²) in [5.74, 6) is -0.654. The van der Waals surface area contributed by atoms with E-state index in [1.807, 2.05) is 35.9 Å². The molecule has 28 heavy (non-hydrogen) atoms. The molecule has 9 nitrogen and oxygen atoms in total. The topological polar surface area (TPSA) is 90.3 Å². The quantitative estimate of drug-likeness (QED) is 0.592. The number of hydrazine groups is 1. The van der Waals surface area contributed by atoms with E-state index in [-0.39, 0.29) is 19.6 Å². The molecular weight excluding hydrogens is 366 g/mol. The number of nitrogens with zero attached hydrogens (tertiary/aromatic N) is 3. The smallest absolute Gasteiger partial charge is 0.433 e. The zero-order chi connectivity index (χ0) is 20.4. The minimum Gasteiger partial charge on any atom is -0.467 e. The van der Waals surface area contributed by atoms with Gasteiger partial charge in [0.1, 0.15) is 0 Å². The number of aromatic nitrogens is 1. The Kier molecular flexibility index (Phi) is 5.43. The molecule has 1 aliphatic heterocycles. The van der Waals surface area contributed by atoms with Crippen LogP contribution in [0.1, 0.15) is 19.5 Å². The van der Waals surface area contributed by atoms with Crippen molar-refractivity contribution in [3.63, 3.8) is 0 Å². The van der Waals surface area contributed by atoms with Crippen molar-refractivity contribution in [1.29, 1.82) is 0 Å². The Bertz CT molecular complexity index is 922. The number of rotatable bonds is 3. The molecule has 3 rings (SSSR count). The molecule has 1 aromatic heterocycles. The van der Waals surface area contributed by atoms with Crippen LogP contribution < -0.4 is 5.01 Å². The number of hydrogen-bond donors (Lipinski definition) is 0. The van der Waals surface area contributed by atoms with Gasteiger partial charge in [-0.3, -0.25) is 0 Å². The number of methoxy groups -OCH3 is 1. The molecule has 0 saturated heterocycles.